The molecule has 4 aromatic carbocycles. The zero-order valence-electron chi connectivity index (χ0n) is 31.6. The first-order valence-corrected chi connectivity index (χ1v) is 20.2. The third kappa shape index (κ3) is 6.95. The maximum Gasteiger partial charge on any atom is 0.214 e. The molecule has 0 amide bonds. The molecule has 5 heteroatoms. The number of aryl methyl sites for hydroxylation is 1. The fourth-order valence-corrected chi connectivity index (χ4v) is 8.21. The molecule has 5 aromatic rings. The first-order valence-electron chi connectivity index (χ1n) is 19.9. The summed E-state index contributed by atoms with van der Waals surface area (Å²) in [4.78, 5) is 0. The molecule has 0 saturated carbocycles. The Morgan fingerprint density at radius 1 is 0.692 bits per heavy atom. The highest BCUT2D eigenvalue weighted by molar-refractivity contribution is 6.33. The molecule has 2 heterocycles. The van der Waals surface area contributed by atoms with Crippen LogP contribution in [0.15, 0.2) is 95.1 Å². The molecule has 4 nitrogen and oxygen atoms in total. The first kappa shape index (κ1) is 36.1. The first-order chi connectivity index (χ1) is 25.6. The van der Waals surface area contributed by atoms with Crippen LogP contribution in [0.3, 0.4) is 0 Å². The number of aromatic nitrogens is 1. The van der Waals surface area contributed by atoms with E-state index >= 15 is 0 Å². The maximum absolute atomic E-state index is 7.22. The van der Waals surface area contributed by atoms with Crippen molar-refractivity contribution < 1.29 is 14.0 Å². The van der Waals surface area contributed by atoms with Gasteiger partial charge in [0.2, 0.25) is 11.4 Å². The highest BCUT2D eigenvalue weighted by Crippen LogP contribution is 2.41. The number of hydrogen-bond acceptors (Lipinski definition) is 2. The molecule has 2 aliphatic rings. The molecule has 0 fully saturated rings. The summed E-state index contributed by atoms with van der Waals surface area (Å²) in [5.74, 6) is 1.96. The molecule has 0 atom stereocenters. The third-order valence-electron chi connectivity index (χ3n) is 10.8. The van der Waals surface area contributed by atoms with E-state index in [1.807, 2.05) is 0 Å². The van der Waals surface area contributed by atoms with Crippen molar-refractivity contribution in [2.75, 3.05) is 19.8 Å². The molecule has 0 spiro atoms. The van der Waals surface area contributed by atoms with Gasteiger partial charge in [-0.15, -0.1) is 0 Å². The maximum atomic E-state index is 7.22. The zero-order chi connectivity index (χ0) is 36.0. The van der Waals surface area contributed by atoms with Gasteiger partial charge in [-0.05, 0) is 73.6 Å². The minimum atomic E-state index is 0.749. The molecule has 7 rings (SSSR count). The van der Waals surface area contributed by atoms with Crippen LogP contribution < -0.4 is 14.8 Å². The predicted molar refractivity (Wildman–Crippen MR) is 222 cm³/mol. The molecular weight excluding hydrogens is 660 g/mol. The van der Waals surface area contributed by atoms with Gasteiger partial charge in [-0.1, -0.05) is 107 Å². The number of ether oxygens (including phenoxy) is 2. The monoisotopic (exact) mass is 713 g/mol. The lowest BCUT2D eigenvalue weighted by atomic mass is 10.0. The molecule has 0 bridgehead atoms. The van der Waals surface area contributed by atoms with E-state index in [-0.39, 0.29) is 0 Å². The minimum absolute atomic E-state index is 0.749. The lowest BCUT2D eigenvalue weighted by molar-refractivity contribution is -0.436. The number of benzene rings is 4. The molecule has 1 aliphatic heterocycles. The summed E-state index contributed by atoms with van der Waals surface area (Å²) in [7, 11) is 0. The average molecular weight is 714 g/mol. The van der Waals surface area contributed by atoms with Gasteiger partial charge in [-0.2, -0.15) is 4.58 Å². The van der Waals surface area contributed by atoms with Crippen LogP contribution in [-0.4, -0.2) is 34.6 Å². The summed E-state index contributed by atoms with van der Waals surface area (Å²) in [6.07, 6.45) is 20.0. The van der Waals surface area contributed by atoms with Crippen LogP contribution >= 0.6 is 11.6 Å². The van der Waals surface area contributed by atoms with Crippen molar-refractivity contribution in [1.82, 2.24) is 4.57 Å². The number of rotatable bonds is 17. The number of halogens is 1. The summed E-state index contributed by atoms with van der Waals surface area (Å²) in [5.41, 5.74) is 7.49. The quantitative estimate of drug-likeness (QED) is 0.0708. The number of nitrogens with zero attached hydrogens (tertiary/aromatic N) is 2. The molecule has 270 valence electrons. The SMILES string of the molecule is CCCCOc1ccc2c3c(cccc13)C(C=CC1=C(Cl)C(=CC=c3c4cccc5c(OCCCC)ccc(c54)n3CCCC)CC1)=[N+]2CCCC. The van der Waals surface area contributed by atoms with E-state index in [2.05, 4.69) is 122 Å². The summed E-state index contributed by atoms with van der Waals surface area (Å²) < 4.78 is 17.5. The summed E-state index contributed by atoms with van der Waals surface area (Å²) in [6.45, 7) is 12.4. The standard InChI is InChI=1S/C47H54ClN2O2/c1-5-9-29-49-39(35-15-13-17-37-43(51-31-11-7-3)27-25-41(49)45(35)37)23-21-33-19-20-34(47(33)48)22-24-40-36-16-14-18-38-44(52-32-12-8-4)28-26-42(46(36)38)50(40)30-10-6-2/h13-18,21-28H,5-12,19-20,29-32H2,1-4H3/q+1. The van der Waals surface area contributed by atoms with Gasteiger partial charge in [0.15, 0.2) is 0 Å². The van der Waals surface area contributed by atoms with E-state index in [4.69, 9.17) is 21.1 Å². The van der Waals surface area contributed by atoms with Crippen molar-refractivity contribution in [2.45, 2.75) is 98.4 Å². The highest BCUT2D eigenvalue weighted by Gasteiger charge is 2.31. The Morgan fingerprint density at radius 3 is 2.10 bits per heavy atom. The fraction of sp³-hybridized carbons (Fsp3) is 0.383. The molecule has 0 N–H and O–H groups in total. The summed E-state index contributed by atoms with van der Waals surface area (Å²) >= 11 is 7.22. The van der Waals surface area contributed by atoms with E-state index in [1.165, 1.54) is 65.9 Å². The number of unbranched alkanes of at least 4 members (excludes halogenated alkanes) is 4. The van der Waals surface area contributed by atoms with E-state index in [9.17, 15) is 0 Å². The number of hydrogen-bond donors (Lipinski definition) is 0. The Kier molecular flexibility index (Phi) is 11.5. The van der Waals surface area contributed by atoms with Crippen molar-refractivity contribution in [3.8, 4) is 11.5 Å². The van der Waals surface area contributed by atoms with Gasteiger partial charge in [0, 0.05) is 62.6 Å². The molecule has 0 radical (unpaired) electrons. The molecule has 0 unspecified atom stereocenters. The molecule has 1 aromatic heterocycles. The Bertz CT molecular complexity index is 2270. The third-order valence-corrected chi connectivity index (χ3v) is 11.3. The Balaban J connectivity index is 1.24. The predicted octanol–water partition coefficient (Wildman–Crippen LogP) is 12.3. The van der Waals surface area contributed by atoms with Crippen LogP contribution in [0.4, 0.5) is 5.69 Å². The van der Waals surface area contributed by atoms with Gasteiger partial charge in [0.25, 0.3) is 0 Å². The smallest absolute Gasteiger partial charge is 0.214 e. The van der Waals surface area contributed by atoms with Crippen LogP contribution in [-0.2, 0) is 6.54 Å². The molecule has 52 heavy (non-hydrogen) atoms. The highest BCUT2D eigenvalue weighted by atomic mass is 35.5. The van der Waals surface area contributed by atoms with Gasteiger partial charge in [0.05, 0.1) is 24.2 Å². The Morgan fingerprint density at radius 2 is 1.37 bits per heavy atom. The van der Waals surface area contributed by atoms with Gasteiger partial charge < -0.3 is 14.0 Å². The van der Waals surface area contributed by atoms with Crippen LogP contribution in [0.5, 0.6) is 11.5 Å². The molecule has 1 aliphatic carbocycles. The van der Waals surface area contributed by atoms with Crippen molar-refractivity contribution in [3.63, 3.8) is 0 Å². The second-order valence-corrected chi connectivity index (χ2v) is 14.7. The van der Waals surface area contributed by atoms with Gasteiger partial charge in [0.1, 0.15) is 18.0 Å². The molecule has 0 saturated heterocycles. The normalized spacial score (nSPS) is 15.7. The summed E-state index contributed by atoms with van der Waals surface area (Å²) in [5, 5.41) is 8.40. The van der Waals surface area contributed by atoms with Crippen LogP contribution in [0.1, 0.15) is 97.5 Å². The van der Waals surface area contributed by atoms with E-state index in [1.54, 1.807) is 0 Å². The fourth-order valence-electron chi connectivity index (χ4n) is 7.90. The van der Waals surface area contributed by atoms with Crippen LogP contribution in [0, 0.1) is 0 Å². The largest absolute Gasteiger partial charge is 0.493 e. The molecular formula is C47H54ClN2O2+. The van der Waals surface area contributed by atoms with Crippen LogP contribution in [0.2, 0.25) is 0 Å². The van der Waals surface area contributed by atoms with Crippen molar-refractivity contribution >= 4 is 61.5 Å². The Labute approximate surface area is 314 Å². The topological polar surface area (TPSA) is 26.4 Å². The number of allylic oxidation sites excluding steroid dienone is 6. The lowest BCUT2D eigenvalue weighted by Crippen LogP contribution is -2.16. The second-order valence-electron chi connectivity index (χ2n) is 14.3. The van der Waals surface area contributed by atoms with Crippen molar-refractivity contribution in [2.24, 2.45) is 0 Å². The van der Waals surface area contributed by atoms with E-state index in [0.717, 1.165) is 107 Å². The average Bonchev–Trinajstić information content (AvgIpc) is 3.79. The minimum Gasteiger partial charge on any atom is -0.493 e. The second kappa shape index (κ2) is 16.6. The summed E-state index contributed by atoms with van der Waals surface area (Å²) in [6, 6.07) is 22.1. The van der Waals surface area contributed by atoms with Gasteiger partial charge >= 0.3 is 0 Å². The lowest BCUT2D eigenvalue weighted by Gasteiger charge is -2.10. The van der Waals surface area contributed by atoms with Crippen molar-refractivity contribution in [1.29, 1.82) is 0 Å². The van der Waals surface area contributed by atoms with Crippen LogP contribution in [0.25, 0.3) is 38.5 Å². The van der Waals surface area contributed by atoms with Crippen molar-refractivity contribution in [3.05, 3.63) is 106 Å². The van der Waals surface area contributed by atoms with E-state index < -0.39 is 0 Å². The van der Waals surface area contributed by atoms with Gasteiger partial charge in [-0.3, -0.25) is 0 Å². The van der Waals surface area contributed by atoms with Gasteiger partial charge in [-0.25, -0.2) is 0 Å². The van der Waals surface area contributed by atoms with E-state index in [0.29, 0.717) is 0 Å². The zero-order valence-corrected chi connectivity index (χ0v) is 32.3. The Hall–Kier alpha value is -4.28.